The molecule has 31 heavy (non-hydrogen) atoms. The summed E-state index contributed by atoms with van der Waals surface area (Å²) >= 11 is 0. The third-order valence-electron chi connectivity index (χ3n) is 4.70. The van der Waals surface area contributed by atoms with E-state index in [1.165, 1.54) is 19.0 Å². The Morgan fingerprint density at radius 1 is 1.00 bits per heavy atom. The van der Waals surface area contributed by atoms with E-state index in [4.69, 9.17) is 9.47 Å². The van der Waals surface area contributed by atoms with Crippen LogP contribution in [0.3, 0.4) is 0 Å². The van der Waals surface area contributed by atoms with Gasteiger partial charge in [0.25, 0.3) is 0 Å². The van der Waals surface area contributed by atoms with Gasteiger partial charge >= 0.3 is 5.69 Å². The van der Waals surface area contributed by atoms with Crippen LogP contribution in [0.2, 0.25) is 0 Å². The van der Waals surface area contributed by atoms with Crippen molar-refractivity contribution < 1.29 is 14.4 Å². The Labute approximate surface area is 180 Å². The average molecular weight is 423 g/mol. The molecule has 0 atom stereocenters. The van der Waals surface area contributed by atoms with Gasteiger partial charge in [-0.15, -0.1) is 0 Å². The van der Waals surface area contributed by atoms with E-state index in [-0.39, 0.29) is 17.3 Å². The molecule has 2 N–H and O–H groups in total. The molecule has 2 aromatic carbocycles. The maximum atomic E-state index is 11.8. The molecular formula is C22H25N5O4. The van der Waals surface area contributed by atoms with Crippen molar-refractivity contribution in [3.63, 3.8) is 0 Å². The van der Waals surface area contributed by atoms with Gasteiger partial charge in [0.1, 0.15) is 17.8 Å². The molecule has 1 aromatic heterocycles. The number of nitro groups is 1. The predicted octanol–water partition coefficient (Wildman–Crippen LogP) is 5.23. The van der Waals surface area contributed by atoms with Crippen LogP contribution >= 0.6 is 0 Å². The van der Waals surface area contributed by atoms with Gasteiger partial charge in [0, 0.05) is 11.8 Å². The fourth-order valence-electron chi connectivity index (χ4n) is 3.04. The largest absolute Gasteiger partial charge is 0.497 e. The quantitative estimate of drug-likeness (QED) is 0.337. The zero-order valence-corrected chi connectivity index (χ0v) is 17.7. The Morgan fingerprint density at radius 3 is 2.32 bits per heavy atom. The van der Waals surface area contributed by atoms with Gasteiger partial charge in [-0.2, -0.15) is 0 Å². The lowest BCUT2D eigenvalue weighted by molar-refractivity contribution is -0.383. The Morgan fingerprint density at radius 2 is 1.71 bits per heavy atom. The minimum absolute atomic E-state index is 0.0468. The highest BCUT2D eigenvalue weighted by atomic mass is 16.6. The predicted molar refractivity (Wildman–Crippen MR) is 120 cm³/mol. The summed E-state index contributed by atoms with van der Waals surface area (Å²) in [5, 5.41) is 17.8. The smallest absolute Gasteiger partial charge is 0.353 e. The summed E-state index contributed by atoms with van der Waals surface area (Å²) in [6.07, 6.45) is 4.52. The molecule has 0 radical (unpaired) electrons. The normalized spacial score (nSPS) is 10.4. The Bertz CT molecular complexity index is 1040. The summed E-state index contributed by atoms with van der Waals surface area (Å²) in [6.45, 7) is 2.15. The fourth-order valence-corrected chi connectivity index (χ4v) is 3.04. The van der Waals surface area contributed by atoms with Gasteiger partial charge in [0.2, 0.25) is 11.6 Å². The van der Waals surface area contributed by atoms with Gasteiger partial charge in [-0.25, -0.2) is 9.97 Å². The molecule has 0 bridgehead atoms. The van der Waals surface area contributed by atoms with Crippen LogP contribution in [0.4, 0.5) is 28.7 Å². The first-order valence-electron chi connectivity index (χ1n) is 9.90. The van der Waals surface area contributed by atoms with E-state index in [2.05, 4.69) is 27.5 Å². The Kier molecular flexibility index (Phi) is 7.21. The lowest BCUT2D eigenvalue weighted by atomic mass is 10.1. The number of aryl methyl sites for hydroxylation is 1. The highest BCUT2D eigenvalue weighted by Gasteiger charge is 2.24. The first-order valence-corrected chi connectivity index (χ1v) is 9.90. The number of ether oxygens (including phenoxy) is 2. The van der Waals surface area contributed by atoms with Crippen molar-refractivity contribution in [2.45, 2.75) is 26.2 Å². The number of hydrogen-bond donors (Lipinski definition) is 2. The van der Waals surface area contributed by atoms with E-state index in [0.29, 0.717) is 22.9 Å². The third-order valence-corrected chi connectivity index (χ3v) is 4.70. The van der Waals surface area contributed by atoms with E-state index >= 15 is 0 Å². The number of methoxy groups -OCH3 is 2. The molecule has 0 saturated heterocycles. The number of nitrogens with one attached hydrogen (secondary N) is 2. The van der Waals surface area contributed by atoms with Crippen LogP contribution < -0.4 is 20.1 Å². The van der Waals surface area contributed by atoms with Crippen molar-refractivity contribution >= 4 is 28.7 Å². The number of hydrogen-bond acceptors (Lipinski definition) is 8. The van der Waals surface area contributed by atoms with Gasteiger partial charge in [-0.1, -0.05) is 25.5 Å². The minimum atomic E-state index is -0.518. The maximum Gasteiger partial charge on any atom is 0.353 e. The van der Waals surface area contributed by atoms with Crippen LogP contribution in [0.15, 0.2) is 48.8 Å². The number of aromatic nitrogens is 2. The molecule has 0 unspecified atom stereocenters. The molecule has 0 spiro atoms. The number of nitrogens with zero attached hydrogens (tertiary/aromatic N) is 3. The zero-order valence-electron chi connectivity index (χ0n) is 17.7. The minimum Gasteiger partial charge on any atom is -0.497 e. The summed E-state index contributed by atoms with van der Waals surface area (Å²) in [4.78, 5) is 19.5. The molecule has 3 rings (SSSR count). The molecule has 0 aliphatic carbocycles. The molecule has 0 saturated carbocycles. The van der Waals surface area contributed by atoms with Gasteiger partial charge in [-0.05, 0) is 42.7 Å². The molecule has 0 amide bonds. The van der Waals surface area contributed by atoms with Crippen molar-refractivity contribution in [2.24, 2.45) is 0 Å². The average Bonchev–Trinajstić information content (AvgIpc) is 2.78. The number of unbranched alkanes of at least 4 members (excludes halogenated alkanes) is 1. The van der Waals surface area contributed by atoms with Gasteiger partial charge in [-0.3, -0.25) is 10.1 Å². The highest BCUT2D eigenvalue weighted by molar-refractivity contribution is 5.78. The van der Waals surface area contributed by atoms with Crippen LogP contribution in [0, 0.1) is 10.1 Å². The summed E-state index contributed by atoms with van der Waals surface area (Å²) in [5.41, 5.74) is 2.17. The number of anilines is 4. The van der Waals surface area contributed by atoms with E-state index in [1.54, 1.807) is 25.3 Å². The maximum absolute atomic E-state index is 11.8. The van der Waals surface area contributed by atoms with Crippen LogP contribution in [0.1, 0.15) is 25.3 Å². The first-order chi connectivity index (χ1) is 15.0. The lowest BCUT2D eigenvalue weighted by Crippen LogP contribution is -2.06. The van der Waals surface area contributed by atoms with Crippen LogP contribution in [-0.2, 0) is 6.42 Å². The number of rotatable bonds is 10. The van der Waals surface area contributed by atoms with Crippen molar-refractivity contribution in [3.05, 3.63) is 64.5 Å². The van der Waals surface area contributed by atoms with Crippen molar-refractivity contribution in [3.8, 4) is 11.5 Å². The molecule has 9 heteroatoms. The summed E-state index contributed by atoms with van der Waals surface area (Å²) in [5.74, 6) is 1.20. The van der Waals surface area contributed by atoms with Gasteiger partial charge in [0.05, 0.1) is 24.8 Å². The monoisotopic (exact) mass is 423 g/mol. The lowest BCUT2D eigenvalue weighted by Gasteiger charge is -2.13. The zero-order chi connectivity index (χ0) is 22.2. The molecule has 9 nitrogen and oxygen atoms in total. The molecule has 1 heterocycles. The van der Waals surface area contributed by atoms with Crippen LogP contribution in [0.25, 0.3) is 0 Å². The molecule has 0 aliphatic heterocycles. The van der Waals surface area contributed by atoms with Crippen molar-refractivity contribution in [1.82, 2.24) is 9.97 Å². The molecule has 0 aliphatic rings. The van der Waals surface area contributed by atoms with Crippen LogP contribution in [0.5, 0.6) is 11.5 Å². The highest BCUT2D eigenvalue weighted by Crippen LogP contribution is 2.36. The van der Waals surface area contributed by atoms with E-state index < -0.39 is 4.92 Å². The van der Waals surface area contributed by atoms with Crippen molar-refractivity contribution in [2.75, 3.05) is 24.9 Å². The topological polar surface area (TPSA) is 111 Å². The summed E-state index contributed by atoms with van der Waals surface area (Å²) in [6, 6.07) is 12.9. The molecule has 162 valence electrons. The standard InChI is InChI=1S/C22H25N5O4/c1-4-5-6-15-7-9-16(10-8-15)25-21-20(27(28)29)22(24-14-23-21)26-18-12-11-17(30-2)13-19(18)31-3/h7-14H,4-6H2,1-3H3,(H2,23,24,25,26). The molecule has 3 aromatic rings. The SMILES string of the molecule is CCCCc1ccc(Nc2ncnc(Nc3ccc(OC)cc3OC)c2[N+](=O)[O-])cc1. The summed E-state index contributed by atoms with van der Waals surface area (Å²) in [7, 11) is 3.05. The second kappa shape index (κ2) is 10.2. The first kappa shape index (κ1) is 21.8. The third kappa shape index (κ3) is 5.39. The molecule has 0 fully saturated rings. The summed E-state index contributed by atoms with van der Waals surface area (Å²) < 4.78 is 10.5. The van der Waals surface area contributed by atoms with Gasteiger partial charge < -0.3 is 20.1 Å². The second-order valence-corrected chi connectivity index (χ2v) is 6.79. The Hall–Kier alpha value is -3.88. The van der Waals surface area contributed by atoms with Crippen LogP contribution in [-0.4, -0.2) is 29.1 Å². The van der Waals surface area contributed by atoms with E-state index in [1.807, 2.05) is 24.3 Å². The Balaban J connectivity index is 1.89. The second-order valence-electron chi connectivity index (χ2n) is 6.79. The fraction of sp³-hybridized carbons (Fsp3) is 0.273. The van der Waals surface area contributed by atoms with E-state index in [9.17, 15) is 10.1 Å². The van der Waals surface area contributed by atoms with Crippen molar-refractivity contribution in [1.29, 1.82) is 0 Å². The van der Waals surface area contributed by atoms with E-state index in [0.717, 1.165) is 19.3 Å². The van der Waals surface area contributed by atoms with Gasteiger partial charge in [0.15, 0.2) is 0 Å². The number of benzene rings is 2. The molecular weight excluding hydrogens is 398 g/mol.